The normalized spacial score (nSPS) is 20.9. The Hall–Kier alpha value is -4.86. The number of piperidine rings is 1. The molecule has 4 bridgehead atoms. The fourth-order valence-electron chi connectivity index (χ4n) is 6.02. The zero-order chi connectivity index (χ0) is 33.0. The lowest BCUT2D eigenvalue weighted by Gasteiger charge is -2.34. The Morgan fingerprint density at radius 2 is 1.70 bits per heavy atom. The molecule has 2 heterocycles. The van der Waals surface area contributed by atoms with Gasteiger partial charge in [-0.15, -0.1) is 0 Å². The summed E-state index contributed by atoms with van der Waals surface area (Å²) in [4.78, 5) is 55.8. The molecule has 3 N–H and O–H groups in total. The molecule has 0 aromatic heterocycles. The van der Waals surface area contributed by atoms with Crippen LogP contribution in [0.5, 0.6) is 5.75 Å². The maximum Gasteiger partial charge on any atom is 0.408 e. The lowest BCUT2D eigenvalue weighted by Crippen LogP contribution is -2.55. The van der Waals surface area contributed by atoms with Gasteiger partial charge in [0.2, 0.25) is 17.7 Å². The predicted molar refractivity (Wildman–Crippen MR) is 177 cm³/mol. The van der Waals surface area contributed by atoms with Crippen molar-refractivity contribution in [3.05, 3.63) is 101 Å². The molecule has 5 rings (SSSR count). The highest BCUT2D eigenvalue weighted by atomic mass is 16.5. The van der Waals surface area contributed by atoms with E-state index >= 15 is 0 Å². The molecule has 248 valence electrons. The summed E-state index contributed by atoms with van der Waals surface area (Å²) < 4.78 is 11.5. The molecule has 4 amide bonds. The first-order valence-corrected chi connectivity index (χ1v) is 16.4. The van der Waals surface area contributed by atoms with Gasteiger partial charge in [0.25, 0.3) is 0 Å². The van der Waals surface area contributed by atoms with Crippen LogP contribution in [0.15, 0.2) is 78.9 Å². The second-order valence-electron chi connectivity index (χ2n) is 12.3. The second kappa shape index (κ2) is 16.6. The van der Waals surface area contributed by atoms with Crippen molar-refractivity contribution < 1.29 is 28.7 Å². The van der Waals surface area contributed by atoms with Gasteiger partial charge >= 0.3 is 6.09 Å². The minimum absolute atomic E-state index is 0.00750. The number of nitrogens with zero attached hydrogens (tertiary/aromatic N) is 1. The molecule has 1 saturated heterocycles. The van der Waals surface area contributed by atoms with Crippen LogP contribution in [0.1, 0.15) is 54.4 Å². The summed E-state index contributed by atoms with van der Waals surface area (Å²) in [7, 11) is 0. The summed E-state index contributed by atoms with van der Waals surface area (Å²) >= 11 is 0. The molecule has 10 nitrogen and oxygen atoms in total. The molecule has 0 aliphatic carbocycles. The Balaban J connectivity index is 1.37. The third-order valence-corrected chi connectivity index (χ3v) is 8.84. The standard InChI is InChI=1S/C37H44N4O6/c1-26-14-16-31-21-30(26)23-38-35(43)32(17-15-27-9-4-2-5-10-27)39-36(44)33(40-37(45)47-25-29-11-6-3-7-12-29)22-34(42)41-19-8-13-28(24-41)18-20-46-31/h2-7,9-12,14,16,21,28,32-33H,8,13,15,17-20,22-25H2,1H3,(H,38,43)(H,39,44)(H,40,45)/t28-,32+,33-/m1/s1. The Bertz CT molecular complexity index is 1520. The van der Waals surface area contributed by atoms with Crippen LogP contribution >= 0.6 is 0 Å². The number of fused-ring (bicyclic) bond motifs is 4. The number of ether oxygens (including phenoxy) is 2. The first-order chi connectivity index (χ1) is 22.8. The summed E-state index contributed by atoms with van der Waals surface area (Å²) in [5.74, 6) is -0.240. The second-order valence-corrected chi connectivity index (χ2v) is 12.3. The van der Waals surface area contributed by atoms with Crippen LogP contribution in [0.4, 0.5) is 4.79 Å². The van der Waals surface area contributed by atoms with E-state index in [-0.39, 0.29) is 37.3 Å². The van der Waals surface area contributed by atoms with E-state index in [1.807, 2.05) is 85.8 Å². The van der Waals surface area contributed by atoms with Gasteiger partial charge in [-0.3, -0.25) is 14.4 Å². The van der Waals surface area contributed by atoms with E-state index in [4.69, 9.17) is 9.47 Å². The summed E-state index contributed by atoms with van der Waals surface area (Å²) in [6.07, 6.45) is 2.38. The van der Waals surface area contributed by atoms with Crippen LogP contribution < -0.4 is 20.7 Å². The number of hydrogen-bond donors (Lipinski definition) is 3. The molecular weight excluding hydrogens is 596 g/mol. The molecule has 1 fully saturated rings. The molecule has 10 heteroatoms. The molecule has 0 unspecified atom stereocenters. The highest BCUT2D eigenvalue weighted by Gasteiger charge is 2.32. The largest absolute Gasteiger partial charge is 0.494 e. The highest BCUT2D eigenvalue weighted by Crippen LogP contribution is 2.23. The summed E-state index contributed by atoms with van der Waals surface area (Å²) in [6.45, 7) is 3.87. The molecular formula is C37H44N4O6. The third kappa shape index (κ3) is 10.1. The smallest absolute Gasteiger partial charge is 0.408 e. The minimum atomic E-state index is -1.24. The number of carbonyl (C=O) groups is 4. The monoisotopic (exact) mass is 640 g/mol. The van der Waals surface area contributed by atoms with Crippen molar-refractivity contribution in [3.63, 3.8) is 0 Å². The maximum absolute atomic E-state index is 13.9. The number of benzene rings is 3. The van der Waals surface area contributed by atoms with Crippen LogP contribution in [0.2, 0.25) is 0 Å². The highest BCUT2D eigenvalue weighted by molar-refractivity contribution is 5.94. The summed E-state index contributed by atoms with van der Waals surface area (Å²) in [6, 6.07) is 22.6. The number of carbonyl (C=O) groups excluding carboxylic acids is 4. The number of alkyl carbamates (subject to hydrolysis) is 1. The number of amides is 4. The van der Waals surface area contributed by atoms with E-state index in [1.165, 1.54) is 0 Å². The van der Waals surface area contributed by atoms with Crippen molar-refractivity contribution in [2.45, 2.75) is 70.7 Å². The van der Waals surface area contributed by atoms with Gasteiger partial charge in [0.1, 0.15) is 24.4 Å². The first kappa shape index (κ1) is 33.5. The molecule has 0 spiro atoms. The van der Waals surface area contributed by atoms with Crippen LogP contribution in [-0.4, -0.2) is 60.5 Å². The van der Waals surface area contributed by atoms with Crippen molar-refractivity contribution in [2.75, 3.05) is 19.7 Å². The SMILES string of the molecule is Cc1ccc2cc1CNC(=O)[C@H](CCc1ccccc1)NC(=O)[C@H](NC(=O)OCc1ccccc1)CC(=O)N1CCC[C@H](CCO2)C1. The van der Waals surface area contributed by atoms with Crippen LogP contribution in [0, 0.1) is 12.8 Å². The maximum atomic E-state index is 13.9. The van der Waals surface area contributed by atoms with E-state index in [1.54, 1.807) is 4.90 Å². The summed E-state index contributed by atoms with van der Waals surface area (Å²) in [5.41, 5.74) is 3.73. The fraction of sp³-hybridized carbons (Fsp3) is 0.405. The Morgan fingerprint density at radius 3 is 2.47 bits per heavy atom. The van der Waals surface area contributed by atoms with Crippen LogP contribution in [-0.2, 0) is 38.7 Å². The lowest BCUT2D eigenvalue weighted by atomic mass is 9.94. The van der Waals surface area contributed by atoms with E-state index in [0.717, 1.165) is 47.3 Å². The average Bonchev–Trinajstić information content (AvgIpc) is 3.09. The Morgan fingerprint density at radius 1 is 0.957 bits per heavy atom. The van der Waals surface area contributed by atoms with Crippen molar-refractivity contribution >= 4 is 23.8 Å². The van der Waals surface area contributed by atoms with Crippen molar-refractivity contribution in [2.24, 2.45) is 5.92 Å². The molecule has 2 aliphatic heterocycles. The zero-order valence-electron chi connectivity index (χ0n) is 26.9. The summed E-state index contributed by atoms with van der Waals surface area (Å²) in [5, 5.41) is 8.45. The number of aryl methyl sites for hydroxylation is 2. The molecule has 0 radical (unpaired) electrons. The molecule has 0 saturated carbocycles. The topological polar surface area (TPSA) is 126 Å². The predicted octanol–water partition coefficient (Wildman–Crippen LogP) is 4.44. The number of hydrogen-bond acceptors (Lipinski definition) is 6. The lowest BCUT2D eigenvalue weighted by molar-refractivity contribution is -0.137. The zero-order valence-corrected chi connectivity index (χ0v) is 26.9. The van der Waals surface area contributed by atoms with Crippen molar-refractivity contribution in [3.8, 4) is 5.75 Å². The minimum Gasteiger partial charge on any atom is -0.494 e. The van der Waals surface area contributed by atoms with Crippen molar-refractivity contribution in [1.82, 2.24) is 20.9 Å². The van der Waals surface area contributed by atoms with Gasteiger partial charge in [0.15, 0.2) is 0 Å². The van der Waals surface area contributed by atoms with Gasteiger partial charge < -0.3 is 30.3 Å². The molecule has 2 aliphatic rings. The molecule has 3 aromatic carbocycles. The molecule has 47 heavy (non-hydrogen) atoms. The number of rotatable bonds is 6. The van der Waals surface area contributed by atoms with E-state index in [2.05, 4.69) is 16.0 Å². The van der Waals surface area contributed by atoms with Crippen LogP contribution in [0.3, 0.4) is 0 Å². The molecule has 3 atom stereocenters. The van der Waals surface area contributed by atoms with Gasteiger partial charge in [-0.2, -0.15) is 0 Å². The molecule has 3 aromatic rings. The fourth-order valence-corrected chi connectivity index (χ4v) is 6.02. The van der Waals surface area contributed by atoms with Crippen molar-refractivity contribution in [1.29, 1.82) is 0 Å². The Labute approximate surface area is 276 Å². The van der Waals surface area contributed by atoms with Crippen LogP contribution in [0.25, 0.3) is 0 Å². The number of nitrogens with one attached hydrogen (secondary N) is 3. The van der Waals surface area contributed by atoms with Gasteiger partial charge in [-0.05, 0) is 79.3 Å². The van der Waals surface area contributed by atoms with Gasteiger partial charge in [0.05, 0.1) is 13.0 Å². The van der Waals surface area contributed by atoms with E-state index in [9.17, 15) is 19.2 Å². The van der Waals surface area contributed by atoms with Gasteiger partial charge in [0, 0.05) is 19.6 Å². The van der Waals surface area contributed by atoms with E-state index in [0.29, 0.717) is 32.5 Å². The average molecular weight is 641 g/mol. The van der Waals surface area contributed by atoms with Gasteiger partial charge in [-0.1, -0.05) is 66.7 Å². The van der Waals surface area contributed by atoms with Gasteiger partial charge in [-0.25, -0.2) is 4.79 Å². The van der Waals surface area contributed by atoms with E-state index < -0.39 is 24.1 Å². The Kier molecular flexibility index (Phi) is 11.9. The quantitative estimate of drug-likeness (QED) is 0.366. The third-order valence-electron chi connectivity index (χ3n) is 8.84. The first-order valence-electron chi connectivity index (χ1n) is 16.4.